The first-order valence-corrected chi connectivity index (χ1v) is 8.45. The second-order valence-corrected chi connectivity index (χ2v) is 5.88. The number of aliphatic carboxylic acids is 1. The fourth-order valence-corrected chi connectivity index (χ4v) is 2.26. The molecule has 4 N–H and O–H groups in total. The average molecular weight is 363 g/mol. The first-order valence-electron chi connectivity index (χ1n) is 8.45. The number of carbonyl (C=O) groups excluding carboxylic acids is 3. The fourth-order valence-electron chi connectivity index (χ4n) is 2.26. The third-order valence-corrected chi connectivity index (χ3v) is 3.58. The van der Waals surface area contributed by atoms with Crippen LogP contribution in [0.15, 0.2) is 30.3 Å². The van der Waals surface area contributed by atoms with Gasteiger partial charge in [-0.2, -0.15) is 0 Å². The number of carboxylic acids is 1. The Hall–Kier alpha value is -2.90. The number of nitrogens with one attached hydrogen (secondary N) is 3. The molecule has 0 spiro atoms. The maximum absolute atomic E-state index is 11.8. The van der Waals surface area contributed by atoms with E-state index in [0.717, 1.165) is 5.56 Å². The Labute approximate surface area is 152 Å². The van der Waals surface area contributed by atoms with E-state index >= 15 is 0 Å². The third-order valence-electron chi connectivity index (χ3n) is 3.58. The predicted molar refractivity (Wildman–Crippen MR) is 95.3 cm³/mol. The molecule has 0 radical (unpaired) electrons. The second kappa shape index (κ2) is 11.6. The van der Waals surface area contributed by atoms with Gasteiger partial charge in [-0.3, -0.25) is 14.4 Å². The highest BCUT2D eigenvalue weighted by Crippen LogP contribution is 2.01. The molecule has 1 atom stereocenters. The van der Waals surface area contributed by atoms with Crippen molar-refractivity contribution in [1.29, 1.82) is 0 Å². The van der Waals surface area contributed by atoms with Gasteiger partial charge in [0.1, 0.15) is 6.04 Å². The van der Waals surface area contributed by atoms with Gasteiger partial charge in [-0.15, -0.1) is 0 Å². The van der Waals surface area contributed by atoms with Crippen molar-refractivity contribution in [2.45, 2.75) is 38.6 Å². The van der Waals surface area contributed by atoms with E-state index in [2.05, 4.69) is 16.0 Å². The summed E-state index contributed by atoms with van der Waals surface area (Å²) in [6.07, 6.45) is 1.56. The van der Waals surface area contributed by atoms with Gasteiger partial charge in [-0.1, -0.05) is 30.3 Å². The molecule has 0 unspecified atom stereocenters. The SMILES string of the molecule is CC(=O)NCCCC[C@H](NC(=O)CNC(=O)Cc1ccccc1)C(=O)O. The molecule has 1 aromatic carbocycles. The molecule has 0 bridgehead atoms. The summed E-state index contributed by atoms with van der Waals surface area (Å²) in [6, 6.07) is 8.07. The summed E-state index contributed by atoms with van der Waals surface area (Å²) in [5.41, 5.74) is 0.827. The zero-order chi connectivity index (χ0) is 19.4. The van der Waals surface area contributed by atoms with Crippen molar-refractivity contribution in [2.24, 2.45) is 0 Å². The quantitative estimate of drug-likeness (QED) is 0.419. The number of hydrogen-bond acceptors (Lipinski definition) is 4. The van der Waals surface area contributed by atoms with Gasteiger partial charge in [0.05, 0.1) is 13.0 Å². The summed E-state index contributed by atoms with van der Waals surface area (Å²) < 4.78 is 0. The molecule has 142 valence electrons. The summed E-state index contributed by atoms with van der Waals surface area (Å²) in [4.78, 5) is 45.6. The maximum atomic E-state index is 11.8. The largest absolute Gasteiger partial charge is 0.480 e. The summed E-state index contributed by atoms with van der Waals surface area (Å²) in [5, 5.41) is 16.7. The monoisotopic (exact) mass is 363 g/mol. The maximum Gasteiger partial charge on any atom is 0.326 e. The zero-order valence-corrected chi connectivity index (χ0v) is 14.8. The molecule has 1 aromatic rings. The molecule has 0 heterocycles. The van der Waals surface area contributed by atoms with Crippen LogP contribution in [0, 0.1) is 0 Å². The predicted octanol–water partition coefficient (Wildman–Crippen LogP) is 0.221. The van der Waals surface area contributed by atoms with Crippen molar-refractivity contribution in [1.82, 2.24) is 16.0 Å². The molecule has 8 nitrogen and oxygen atoms in total. The molecule has 1 rings (SSSR count). The minimum Gasteiger partial charge on any atom is -0.480 e. The third kappa shape index (κ3) is 9.41. The van der Waals surface area contributed by atoms with Crippen LogP contribution in [-0.4, -0.2) is 47.9 Å². The van der Waals surface area contributed by atoms with Crippen LogP contribution in [0.1, 0.15) is 31.7 Å². The average Bonchev–Trinajstić information content (AvgIpc) is 2.59. The lowest BCUT2D eigenvalue weighted by Crippen LogP contribution is -2.45. The molecule has 0 aromatic heterocycles. The lowest BCUT2D eigenvalue weighted by atomic mass is 10.1. The molecule has 26 heavy (non-hydrogen) atoms. The van der Waals surface area contributed by atoms with Crippen LogP contribution in [0.2, 0.25) is 0 Å². The molecular formula is C18H25N3O5. The molecule has 0 saturated carbocycles. The molecule has 8 heteroatoms. The van der Waals surface area contributed by atoms with Crippen molar-refractivity contribution in [3.8, 4) is 0 Å². The Morgan fingerprint density at radius 3 is 2.31 bits per heavy atom. The van der Waals surface area contributed by atoms with Gasteiger partial charge in [0.15, 0.2) is 0 Å². The van der Waals surface area contributed by atoms with E-state index in [1.165, 1.54) is 6.92 Å². The minimum atomic E-state index is -1.13. The van der Waals surface area contributed by atoms with Gasteiger partial charge in [-0.25, -0.2) is 4.79 Å². The Morgan fingerprint density at radius 1 is 1.00 bits per heavy atom. The highest BCUT2D eigenvalue weighted by molar-refractivity contribution is 5.88. The van der Waals surface area contributed by atoms with E-state index in [0.29, 0.717) is 19.4 Å². The van der Waals surface area contributed by atoms with Gasteiger partial charge in [0.25, 0.3) is 0 Å². The van der Waals surface area contributed by atoms with Crippen LogP contribution in [0.25, 0.3) is 0 Å². The highest BCUT2D eigenvalue weighted by atomic mass is 16.4. The number of unbranched alkanes of at least 4 members (excludes halogenated alkanes) is 1. The molecule has 0 aliphatic carbocycles. The van der Waals surface area contributed by atoms with Crippen molar-refractivity contribution in [3.05, 3.63) is 35.9 Å². The van der Waals surface area contributed by atoms with Gasteiger partial charge in [-0.05, 0) is 24.8 Å². The molecule has 3 amide bonds. The van der Waals surface area contributed by atoms with E-state index in [9.17, 15) is 19.2 Å². The molecule has 0 fully saturated rings. The lowest BCUT2D eigenvalue weighted by molar-refractivity contribution is -0.142. The summed E-state index contributed by atoms with van der Waals surface area (Å²) >= 11 is 0. The lowest BCUT2D eigenvalue weighted by Gasteiger charge is -2.15. The number of rotatable bonds is 11. The van der Waals surface area contributed by atoms with Crippen LogP contribution >= 0.6 is 0 Å². The normalized spacial score (nSPS) is 11.3. The van der Waals surface area contributed by atoms with Gasteiger partial charge >= 0.3 is 5.97 Å². The second-order valence-electron chi connectivity index (χ2n) is 5.88. The summed E-state index contributed by atoms with van der Waals surface area (Å²) in [6.45, 7) is 1.60. The highest BCUT2D eigenvalue weighted by Gasteiger charge is 2.19. The topological polar surface area (TPSA) is 125 Å². The van der Waals surface area contributed by atoms with Gasteiger partial charge in [0.2, 0.25) is 17.7 Å². The number of carboxylic acid groups (broad SMARTS) is 1. The van der Waals surface area contributed by atoms with Crippen LogP contribution in [0.5, 0.6) is 0 Å². The van der Waals surface area contributed by atoms with Crippen LogP contribution in [0.4, 0.5) is 0 Å². The fraction of sp³-hybridized carbons (Fsp3) is 0.444. The number of benzene rings is 1. The van der Waals surface area contributed by atoms with E-state index in [-0.39, 0.29) is 31.2 Å². The van der Waals surface area contributed by atoms with Crippen molar-refractivity contribution >= 4 is 23.7 Å². The number of carbonyl (C=O) groups is 4. The first-order chi connectivity index (χ1) is 12.4. The summed E-state index contributed by atoms with van der Waals surface area (Å²) in [7, 11) is 0. The van der Waals surface area contributed by atoms with Crippen molar-refractivity contribution in [3.63, 3.8) is 0 Å². The number of hydrogen-bond donors (Lipinski definition) is 4. The molecule has 0 saturated heterocycles. The van der Waals surface area contributed by atoms with Crippen molar-refractivity contribution < 1.29 is 24.3 Å². The van der Waals surface area contributed by atoms with E-state index in [4.69, 9.17) is 5.11 Å². The number of amides is 3. The van der Waals surface area contributed by atoms with Gasteiger partial charge < -0.3 is 21.1 Å². The first kappa shape index (κ1) is 21.1. The zero-order valence-electron chi connectivity index (χ0n) is 14.8. The Kier molecular flexibility index (Phi) is 9.45. The van der Waals surface area contributed by atoms with Crippen LogP contribution < -0.4 is 16.0 Å². The van der Waals surface area contributed by atoms with Crippen LogP contribution in [-0.2, 0) is 25.6 Å². The van der Waals surface area contributed by atoms with E-state index in [1.807, 2.05) is 18.2 Å². The Morgan fingerprint density at radius 2 is 1.69 bits per heavy atom. The van der Waals surface area contributed by atoms with E-state index < -0.39 is 17.9 Å². The van der Waals surface area contributed by atoms with Gasteiger partial charge in [0, 0.05) is 13.5 Å². The Bertz CT molecular complexity index is 619. The standard InChI is InChI=1S/C18H25N3O5/c1-13(22)19-10-6-5-9-15(18(25)26)21-17(24)12-20-16(23)11-14-7-3-2-4-8-14/h2-4,7-8,15H,5-6,9-12H2,1H3,(H,19,22)(H,20,23)(H,21,24)(H,25,26)/t15-/m0/s1. The molecule has 0 aliphatic rings. The van der Waals surface area contributed by atoms with Crippen molar-refractivity contribution in [2.75, 3.05) is 13.1 Å². The smallest absolute Gasteiger partial charge is 0.326 e. The van der Waals surface area contributed by atoms with Crippen LogP contribution in [0.3, 0.4) is 0 Å². The molecular weight excluding hydrogens is 338 g/mol. The summed E-state index contributed by atoms with van der Waals surface area (Å²) in [5.74, 6) is -2.14. The Balaban J connectivity index is 2.29. The minimum absolute atomic E-state index is 0.140. The van der Waals surface area contributed by atoms with E-state index in [1.54, 1.807) is 12.1 Å². The molecule has 0 aliphatic heterocycles.